The van der Waals surface area contributed by atoms with E-state index in [1.54, 1.807) is 0 Å². The molecule has 1 aliphatic heterocycles. The van der Waals surface area contributed by atoms with Crippen LogP contribution in [-0.4, -0.2) is 22.9 Å². The third-order valence-corrected chi connectivity index (χ3v) is 4.53. The smallest absolute Gasteiger partial charge is 0.185 e. The number of piperidine rings is 1. The average Bonchev–Trinajstić information content (AvgIpc) is 2.47. The maximum atomic E-state index is 4.59. The Hall–Kier alpha value is -0.0900. The van der Waals surface area contributed by atoms with Crippen molar-refractivity contribution in [3.63, 3.8) is 0 Å². The number of thiazole rings is 1. The van der Waals surface area contributed by atoms with E-state index in [0.717, 1.165) is 13.1 Å². The number of anilines is 1. The van der Waals surface area contributed by atoms with Crippen LogP contribution in [0.25, 0.3) is 0 Å². The number of aryl methyl sites for hydroxylation is 2. The quantitative estimate of drug-likeness (QED) is 0.732. The number of nitrogens with zero attached hydrogens (tertiary/aromatic N) is 2. The Bertz CT molecular complexity index is 304. The van der Waals surface area contributed by atoms with Crippen molar-refractivity contribution in [1.82, 2.24) is 4.98 Å². The molecule has 14 heavy (non-hydrogen) atoms. The minimum Gasteiger partial charge on any atom is -0.347 e. The molecule has 1 aromatic rings. The number of rotatable bonds is 1. The van der Waals surface area contributed by atoms with Gasteiger partial charge in [0.2, 0.25) is 0 Å². The van der Waals surface area contributed by atoms with E-state index in [1.807, 2.05) is 11.3 Å². The van der Waals surface area contributed by atoms with E-state index in [2.05, 4.69) is 39.7 Å². The minimum absolute atomic E-state index is 0.640. The molecule has 0 aromatic carbocycles. The van der Waals surface area contributed by atoms with Crippen LogP contribution in [0.4, 0.5) is 5.13 Å². The third-order valence-electron chi connectivity index (χ3n) is 2.65. The number of hydrogen-bond acceptors (Lipinski definition) is 3. The zero-order chi connectivity index (χ0) is 10.1. The van der Waals surface area contributed by atoms with E-state index < -0.39 is 0 Å². The summed E-state index contributed by atoms with van der Waals surface area (Å²) in [5.41, 5.74) is 1.18. The monoisotopic (exact) mass is 274 g/mol. The topological polar surface area (TPSA) is 16.1 Å². The third kappa shape index (κ3) is 2.11. The maximum absolute atomic E-state index is 4.59. The predicted octanol–water partition coefficient (Wildman–Crippen LogP) is 3.12. The van der Waals surface area contributed by atoms with Gasteiger partial charge < -0.3 is 4.90 Å². The van der Waals surface area contributed by atoms with Gasteiger partial charge in [-0.15, -0.1) is 11.3 Å². The normalized spacial score (nSPS) is 22.8. The van der Waals surface area contributed by atoms with Crippen LogP contribution in [0.5, 0.6) is 0 Å². The molecule has 0 amide bonds. The first-order valence-electron chi connectivity index (χ1n) is 5.00. The van der Waals surface area contributed by atoms with E-state index in [1.165, 1.54) is 28.5 Å². The number of aromatic nitrogens is 1. The molecular weight excluding hydrogens is 260 g/mol. The van der Waals surface area contributed by atoms with Crippen molar-refractivity contribution >= 4 is 32.4 Å². The maximum Gasteiger partial charge on any atom is 0.185 e. The lowest BCUT2D eigenvalue weighted by molar-refractivity contribution is 0.594. The van der Waals surface area contributed by atoms with E-state index >= 15 is 0 Å². The van der Waals surface area contributed by atoms with E-state index in [9.17, 15) is 0 Å². The van der Waals surface area contributed by atoms with Crippen LogP contribution in [0.2, 0.25) is 0 Å². The second kappa shape index (κ2) is 4.19. The summed E-state index contributed by atoms with van der Waals surface area (Å²) in [7, 11) is 0. The lowest BCUT2D eigenvalue weighted by atomic mass is 10.1. The Morgan fingerprint density at radius 2 is 2.29 bits per heavy atom. The first kappa shape index (κ1) is 10.4. The molecule has 2 heterocycles. The standard InChI is InChI=1S/C10H15BrN2S/c1-7-8(2)14-10(12-7)13-5-3-4-9(11)6-13/h9H,3-6H2,1-2H3. The Morgan fingerprint density at radius 1 is 1.50 bits per heavy atom. The summed E-state index contributed by atoms with van der Waals surface area (Å²) in [5, 5.41) is 1.20. The second-order valence-corrected chi connectivity index (χ2v) is 6.30. The van der Waals surface area contributed by atoms with Crippen LogP contribution >= 0.6 is 27.3 Å². The molecule has 1 unspecified atom stereocenters. The number of alkyl halides is 1. The van der Waals surface area contributed by atoms with Gasteiger partial charge in [-0.3, -0.25) is 0 Å². The molecule has 0 saturated carbocycles. The molecule has 78 valence electrons. The summed E-state index contributed by atoms with van der Waals surface area (Å²) in [4.78, 5) is 8.97. The largest absolute Gasteiger partial charge is 0.347 e. The molecule has 0 radical (unpaired) electrons. The average molecular weight is 275 g/mol. The van der Waals surface area contributed by atoms with Crippen molar-refractivity contribution in [2.24, 2.45) is 0 Å². The summed E-state index contributed by atoms with van der Waals surface area (Å²) in [6.45, 7) is 6.50. The SMILES string of the molecule is Cc1nc(N2CCCC(Br)C2)sc1C. The van der Waals surface area contributed by atoms with Crippen molar-refractivity contribution in [3.05, 3.63) is 10.6 Å². The molecule has 0 spiro atoms. The van der Waals surface area contributed by atoms with Crippen molar-refractivity contribution < 1.29 is 0 Å². The molecule has 1 saturated heterocycles. The van der Waals surface area contributed by atoms with Crippen LogP contribution in [0.15, 0.2) is 0 Å². The predicted molar refractivity (Wildman–Crippen MR) is 65.8 cm³/mol. The van der Waals surface area contributed by atoms with Crippen LogP contribution < -0.4 is 4.90 Å². The zero-order valence-corrected chi connectivity index (χ0v) is 11.0. The Kier molecular flexibility index (Phi) is 3.12. The molecule has 1 aromatic heterocycles. The van der Waals surface area contributed by atoms with Gasteiger partial charge in [0.25, 0.3) is 0 Å². The first-order valence-corrected chi connectivity index (χ1v) is 6.73. The zero-order valence-electron chi connectivity index (χ0n) is 8.59. The van der Waals surface area contributed by atoms with Crippen molar-refractivity contribution in [2.75, 3.05) is 18.0 Å². The number of hydrogen-bond donors (Lipinski definition) is 0. The summed E-state index contributed by atoms with van der Waals surface area (Å²) < 4.78 is 0. The molecule has 2 rings (SSSR count). The van der Waals surface area contributed by atoms with Crippen molar-refractivity contribution in [2.45, 2.75) is 31.5 Å². The van der Waals surface area contributed by atoms with E-state index in [4.69, 9.17) is 0 Å². The van der Waals surface area contributed by atoms with Gasteiger partial charge in [0, 0.05) is 22.8 Å². The highest BCUT2D eigenvalue weighted by molar-refractivity contribution is 9.09. The summed E-state index contributed by atoms with van der Waals surface area (Å²) >= 11 is 5.50. The highest BCUT2D eigenvalue weighted by Crippen LogP contribution is 2.28. The van der Waals surface area contributed by atoms with Gasteiger partial charge in [-0.05, 0) is 26.7 Å². The molecular formula is C10H15BrN2S. The van der Waals surface area contributed by atoms with Gasteiger partial charge in [0.05, 0.1) is 5.69 Å². The van der Waals surface area contributed by atoms with Gasteiger partial charge in [0.15, 0.2) is 5.13 Å². The molecule has 0 N–H and O–H groups in total. The molecule has 0 bridgehead atoms. The van der Waals surface area contributed by atoms with Crippen molar-refractivity contribution in [1.29, 1.82) is 0 Å². The minimum atomic E-state index is 0.640. The summed E-state index contributed by atoms with van der Waals surface area (Å²) in [5.74, 6) is 0. The van der Waals surface area contributed by atoms with Gasteiger partial charge in [-0.2, -0.15) is 0 Å². The Balaban J connectivity index is 2.14. The second-order valence-electron chi connectivity index (χ2n) is 3.82. The Labute approximate surface area is 97.5 Å². The molecule has 1 atom stereocenters. The number of halogens is 1. The fraction of sp³-hybridized carbons (Fsp3) is 0.700. The molecule has 1 aliphatic rings. The van der Waals surface area contributed by atoms with Gasteiger partial charge >= 0.3 is 0 Å². The lowest BCUT2D eigenvalue weighted by Gasteiger charge is -2.29. The van der Waals surface area contributed by atoms with Crippen LogP contribution in [0.3, 0.4) is 0 Å². The fourth-order valence-corrected chi connectivity index (χ4v) is 3.31. The van der Waals surface area contributed by atoms with Crippen LogP contribution in [0, 0.1) is 13.8 Å². The summed E-state index contributed by atoms with van der Waals surface area (Å²) in [6.07, 6.45) is 2.56. The highest BCUT2D eigenvalue weighted by atomic mass is 79.9. The Morgan fingerprint density at radius 3 is 2.86 bits per heavy atom. The van der Waals surface area contributed by atoms with Crippen LogP contribution in [0.1, 0.15) is 23.4 Å². The van der Waals surface area contributed by atoms with Crippen molar-refractivity contribution in [3.8, 4) is 0 Å². The first-order chi connectivity index (χ1) is 6.66. The fourth-order valence-electron chi connectivity index (χ4n) is 1.69. The van der Waals surface area contributed by atoms with Gasteiger partial charge in [0.1, 0.15) is 0 Å². The highest BCUT2D eigenvalue weighted by Gasteiger charge is 2.20. The molecule has 2 nitrogen and oxygen atoms in total. The van der Waals surface area contributed by atoms with Gasteiger partial charge in [-0.25, -0.2) is 4.98 Å². The van der Waals surface area contributed by atoms with E-state index in [-0.39, 0.29) is 0 Å². The molecule has 0 aliphatic carbocycles. The van der Waals surface area contributed by atoms with Crippen LogP contribution in [-0.2, 0) is 0 Å². The van der Waals surface area contributed by atoms with E-state index in [0.29, 0.717) is 4.83 Å². The summed E-state index contributed by atoms with van der Waals surface area (Å²) in [6, 6.07) is 0. The molecule has 4 heteroatoms. The van der Waals surface area contributed by atoms with Gasteiger partial charge in [-0.1, -0.05) is 15.9 Å². The molecule has 1 fully saturated rings. The lowest BCUT2D eigenvalue weighted by Crippen LogP contribution is -2.35.